The first-order valence-corrected chi connectivity index (χ1v) is 6.89. The van der Waals surface area contributed by atoms with E-state index in [4.69, 9.17) is 15.2 Å². The van der Waals surface area contributed by atoms with Crippen molar-refractivity contribution < 1.29 is 14.3 Å². The van der Waals surface area contributed by atoms with E-state index in [9.17, 15) is 4.79 Å². The average Bonchev–Trinajstić information content (AvgIpc) is 2.42. The van der Waals surface area contributed by atoms with E-state index in [0.717, 1.165) is 25.7 Å². The van der Waals surface area contributed by atoms with Crippen molar-refractivity contribution in [2.75, 3.05) is 20.0 Å². The van der Waals surface area contributed by atoms with Gasteiger partial charge in [-0.05, 0) is 31.7 Å². The Morgan fingerprint density at radius 1 is 1.30 bits per heavy atom. The van der Waals surface area contributed by atoms with Gasteiger partial charge in [0.25, 0.3) is 5.91 Å². The Bertz CT molecular complexity index is 505. The molecule has 110 valence electrons. The minimum atomic E-state index is -0.148. The van der Waals surface area contributed by atoms with Crippen LogP contribution < -0.4 is 20.5 Å². The van der Waals surface area contributed by atoms with E-state index in [1.807, 2.05) is 0 Å². The molecule has 1 aliphatic rings. The van der Waals surface area contributed by atoms with Gasteiger partial charge in [-0.15, -0.1) is 0 Å². The summed E-state index contributed by atoms with van der Waals surface area (Å²) in [5, 5.41) is 3.11. The summed E-state index contributed by atoms with van der Waals surface area (Å²) in [5.74, 6) is 0.881. The molecule has 20 heavy (non-hydrogen) atoms. The van der Waals surface area contributed by atoms with Crippen molar-refractivity contribution in [3.8, 4) is 11.5 Å². The molecule has 2 rings (SSSR count). The van der Waals surface area contributed by atoms with Gasteiger partial charge in [0.2, 0.25) is 0 Å². The van der Waals surface area contributed by atoms with Gasteiger partial charge >= 0.3 is 0 Å². The minimum Gasteiger partial charge on any atom is -0.493 e. The van der Waals surface area contributed by atoms with Gasteiger partial charge < -0.3 is 20.5 Å². The molecule has 5 heteroatoms. The number of ether oxygens (including phenoxy) is 2. The lowest BCUT2D eigenvalue weighted by atomic mass is 9.74. The second-order valence-corrected chi connectivity index (χ2v) is 5.24. The van der Waals surface area contributed by atoms with Crippen LogP contribution in [0.4, 0.5) is 5.69 Å². The Morgan fingerprint density at radius 3 is 2.35 bits per heavy atom. The van der Waals surface area contributed by atoms with E-state index in [0.29, 0.717) is 22.7 Å². The molecular formula is C15H22N2O3. The molecule has 0 atom stereocenters. The molecule has 0 aromatic heterocycles. The van der Waals surface area contributed by atoms with Crippen LogP contribution >= 0.6 is 0 Å². The number of anilines is 1. The molecule has 1 amide bonds. The van der Waals surface area contributed by atoms with Crippen LogP contribution in [0.25, 0.3) is 0 Å². The number of hydrogen-bond acceptors (Lipinski definition) is 4. The van der Waals surface area contributed by atoms with Gasteiger partial charge in [0.1, 0.15) is 0 Å². The quantitative estimate of drug-likeness (QED) is 0.811. The minimum absolute atomic E-state index is 0.0588. The lowest BCUT2D eigenvalue weighted by Crippen LogP contribution is -2.53. The van der Waals surface area contributed by atoms with Crippen molar-refractivity contribution in [1.82, 2.24) is 5.32 Å². The van der Waals surface area contributed by atoms with Crippen molar-refractivity contribution in [2.24, 2.45) is 0 Å². The maximum absolute atomic E-state index is 12.4. The standard InChI is InChI=1S/C15H22N2O3/c1-4-15(6-5-7-15)17-14(18)10-8-12(19-2)13(20-3)9-11(10)16/h8-9H,4-7,16H2,1-3H3,(H,17,18). The van der Waals surface area contributed by atoms with Crippen LogP contribution in [-0.2, 0) is 0 Å². The predicted octanol–water partition coefficient (Wildman–Crippen LogP) is 2.35. The first-order valence-electron chi connectivity index (χ1n) is 6.89. The monoisotopic (exact) mass is 278 g/mol. The number of nitrogens with two attached hydrogens (primary N) is 1. The number of amides is 1. The van der Waals surface area contributed by atoms with E-state index in [1.165, 1.54) is 14.2 Å². The molecule has 3 N–H and O–H groups in total. The molecule has 5 nitrogen and oxygen atoms in total. The zero-order valence-electron chi connectivity index (χ0n) is 12.3. The van der Waals surface area contributed by atoms with Gasteiger partial charge in [-0.1, -0.05) is 6.92 Å². The second-order valence-electron chi connectivity index (χ2n) is 5.24. The van der Waals surface area contributed by atoms with Crippen LogP contribution in [0.15, 0.2) is 12.1 Å². The molecule has 1 fully saturated rings. The molecule has 1 aliphatic carbocycles. The number of methoxy groups -OCH3 is 2. The van der Waals surface area contributed by atoms with Crippen molar-refractivity contribution in [3.63, 3.8) is 0 Å². The zero-order valence-corrected chi connectivity index (χ0v) is 12.3. The van der Waals surface area contributed by atoms with Gasteiger partial charge in [0, 0.05) is 17.3 Å². The molecule has 0 unspecified atom stereocenters. The van der Waals surface area contributed by atoms with Gasteiger partial charge in [-0.25, -0.2) is 0 Å². The van der Waals surface area contributed by atoms with E-state index in [2.05, 4.69) is 12.2 Å². The number of carbonyl (C=O) groups is 1. The maximum Gasteiger partial charge on any atom is 0.253 e. The summed E-state index contributed by atoms with van der Waals surface area (Å²) in [4.78, 5) is 12.4. The molecule has 0 spiro atoms. The highest BCUT2D eigenvalue weighted by atomic mass is 16.5. The summed E-state index contributed by atoms with van der Waals surface area (Å²) in [6.07, 6.45) is 4.16. The van der Waals surface area contributed by atoms with Crippen LogP contribution in [0.3, 0.4) is 0 Å². The number of nitrogens with one attached hydrogen (secondary N) is 1. The molecule has 0 heterocycles. The van der Waals surface area contributed by atoms with Crippen LogP contribution in [0.1, 0.15) is 43.0 Å². The number of benzene rings is 1. The molecule has 0 saturated heterocycles. The van der Waals surface area contributed by atoms with Crippen LogP contribution in [0.2, 0.25) is 0 Å². The number of rotatable bonds is 5. The average molecular weight is 278 g/mol. The summed E-state index contributed by atoms with van der Waals surface area (Å²) in [5.41, 5.74) is 6.71. The molecule has 1 aromatic carbocycles. The number of nitrogen functional groups attached to an aromatic ring is 1. The Hall–Kier alpha value is -1.91. The van der Waals surface area contributed by atoms with E-state index in [1.54, 1.807) is 12.1 Å². The molecule has 0 bridgehead atoms. The first kappa shape index (κ1) is 14.5. The van der Waals surface area contributed by atoms with Crippen LogP contribution in [0.5, 0.6) is 11.5 Å². The van der Waals surface area contributed by atoms with Crippen molar-refractivity contribution in [1.29, 1.82) is 0 Å². The fourth-order valence-corrected chi connectivity index (χ4v) is 2.57. The molecule has 0 radical (unpaired) electrons. The fraction of sp³-hybridized carbons (Fsp3) is 0.533. The normalized spacial score (nSPS) is 16.1. The molecule has 1 aromatic rings. The van der Waals surface area contributed by atoms with Gasteiger partial charge in [-0.3, -0.25) is 4.79 Å². The zero-order chi connectivity index (χ0) is 14.8. The number of carbonyl (C=O) groups excluding carboxylic acids is 1. The molecule has 1 saturated carbocycles. The summed E-state index contributed by atoms with van der Waals surface area (Å²) in [6.45, 7) is 2.09. The van der Waals surface area contributed by atoms with Gasteiger partial charge in [-0.2, -0.15) is 0 Å². The third-order valence-corrected chi connectivity index (χ3v) is 4.17. The summed E-state index contributed by atoms with van der Waals surface area (Å²) in [6, 6.07) is 3.25. The number of hydrogen-bond donors (Lipinski definition) is 2. The SMILES string of the molecule is CCC1(NC(=O)c2cc(OC)c(OC)cc2N)CCC1. The van der Waals surface area contributed by atoms with Gasteiger partial charge in [0.15, 0.2) is 11.5 Å². The summed E-state index contributed by atoms with van der Waals surface area (Å²) >= 11 is 0. The topological polar surface area (TPSA) is 73.6 Å². The Balaban J connectivity index is 2.25. The van der Waals surface area contributed by atoms with Crippen LogP contribution in [-0.4, -0.2) is 25.7 Å². The predicted molar refractivity (Wildman–Crippen MR) is 78.3 cm³/mol. The maximum atomic E-state index is 12.4. The Kier molecular flexibility index (Phi) is 4.06. The van der Waals surface area contributed by atoms with E-state index >= 15 is 0 Å². The fourth-order valence-electron chi connectivity index (χ4n) is 2.57. The third kappa shape index (κ3) is 2.53. The highest BCUT2D eigenvalue weighted by Gasteiger charge is 2.37. The van der Waals surface area contributed by atoms with Crippen molar-refractivity contribution in [3.05, 3.63) is 17.7 Å². The highest BCUT2D eigenvalue weighted by molar-refractivity contribution is 6.00. The highest BCUT2D eigenvalue weighted by Crippen LogP contribution is 2.36. The van der Waals surface area contributed by atoms with Crippen molar-refractivity contribution >= 4 is 11.6 Å². The van der Waals surface area contributed by atoms with Gasteiger partial charge in [0.05, 0.1) is 19.8 Å². The third-order valence-electron chi connectivity index (χ3n) is 4.17. The van der Waals surface area contributed by atoms with Crippen molar-refractivity contribution in [2.45, 2.75) is 38.1 Å². The molecular weight excluding hydrogens is 256 g/mol. The van der Waals surface area contributed by atoms with Crippen LogP contribution in [0, 0.1) is 0 Å². The van der Waals surface area contributed by atoms with E-state index in [-0.39, 0.29) is 11.4 Å². The van der Waals surface area contributed by atoms with E-state index < -0.39 is 0 Å². The lowest BCUT2D eigenvalue weighted by molar-refractivity contribution is 0.0821. The first-order chi connectivity index (χ1) is 9.55. The molecule has 0 aliphatic heterocycles. The lowest BCUT2D eigenvalue weighted by Gasteiger charge is -2.42. The summed E-state index contributed by atoms with van der Waals surface area (Å²) < 4.78 is 10.4. The Labute approximate surface area is 119 Å². The Morgan fingerprint density at radius 2 is 1.90 bits per heavy atom. The smallest absolute Gasteiger partial charge is 0.253 e. The largest absolute Gasteiger partial charge is 0.493 e. The second kappa shape index (κ2) is 5.61. The summed E-state index contributed by atoms with van der Waals surface area (Å²) in [7, 11) is 3.08.